The number of benzene rings is 1. The van der Waals surface area contributed by atoms with Crippen LogP contribution in [0.3, 0.4) is 0 Å². The third-order valence-corrected chi connectivity index (χ3v) is 7.73. The van der Waals surface area contributed by atoms with Crippen molar-refractivity contribution in [2.75, 3.05) is 32.7 Å². The molecule has 2 saturated heterocycles. The SMILES string of the molecule is O=C(CCc1nc2ccccc2s1)N1CC[C@]2(CCCN(CC3CC3)C2)C1. The Balaban J connectivity index is 1.16. The number of rotatable bonds is 5. The van der Waals surface area contributed by atoms with Crippen LogP contribution in [0.5, 0.6) is 0 Å². The average molecular weight is 384 g/mol. The van der Waals surface area contributed by atoms with Gasteiger partial charge in [0.15, 0.2) is 0 Å². The van der Waals surface area contributed by atoms with Crippen LogP contribution in [-0.4, -0.2) is 53.4 Å². The fraction of sp³-hybridized carbons (Fsp3) is 0.636. The molecular formula is C22H29N3OS. The smallest absolute Gasteiger partial charge is 0.223 e. The second-order valence-corrected chi connectivity index (χ2v) is 10.0. The molecule has 3 heterocycles. The number of hydrogen-bond donors (Lipinski definition) is 0. The first-order valence-electron chi connectivity index (χ1n) is 10.5. The van der Waals surface area contributed by atoms with Crippen LogP contribution in [0.15, 0.2) is 24.3 Å². The molecule has 1 spiro atoms. The number of piperidine rings is 1. The predicted molar refractivity (Wildman–Crippen MR) is 110 cm³/mol. The van der Waals surface area contributed by atoms with E-state index in [0.717, 1.165) is 36.0 Å². The molecule has 2 aromatic rings. The van der Waals surface area contributed by atoms with Gasteiger partial charge in [0.25, 0.3) is 0 Å². The summed E-state index contributed by atoms with van der Waals surface area (Å²) in [7, 11) is 0. The number of carbonyl (C=O) groups is 1. The van der Waals surface area contributed by atoms with Gasteiger partial charge in [0, 0.05) is 44.4 Å². The normalized spacial score (nSPS) is 26.3. The van der Waals surface area contributed by atoms with E-state index in [-0.39, 0.29) is 0 Å². The van der Waals surface area contributed by atoms with Crippen LogP contribution in [-0.2, 0) is 11.2 Å². The Bertz CT molecular complexity index is 797. The summed E-state index contributed by atoms with van der Waals surface area (Å²) in [5, 5.41) is 1.09. The van der Waals surface area contributed by atoms with Crippen molar-refractivity contribution in [3.05, 3.63) is 29.3 Å². The van der Waals surface area contributed by atoms with Gasteiger partial charge in [-0.15, -0.1) is 11.3 Å². The van der Waals surface area contributed by atoms with E-state index in [4.69, 9.17) is 0 Å². The number of likely N-dealkylation sites (tertiary alicyclic amines) is 2. The van der Waals surface area contributed by atoms with E-state index in [2.05, 4.69) is 33.0 Å². The van der Waals surface area contributed by atoms with Crippen LogP contribution in [0.1, 0.15) is 43.5 Å². The van der Waals surface area contributed by atoms with Gasteiger partial charge < -0.3 is 9.80 Å². The number of aryl methyl sites for hydroxylation is 1. The van der Waals surface area contributed by atoms with E-state index in [9.17, 15) is 4.79 Å². The molecule has 1 amide bonds. The van der Waals surface area contributed by atoms with E-state index in [1.807, 2.05) is 6.07 Å². The minimum absolute atomic E-state index is 0.324. The number of nitrogens with zero attached hydrogens (tertiary/aromatic N) is 3. The Morgan fingerprint density at radius 2 is 2.07 bits per heavy atom. The van der Waals surface area contributed by atoms with Gasteiger partial charge in [-0.05, 0) is 56.7 Å². The van der Waals surface area contributed by atoms with Gasteiger partial charge in [0.1, 0.15) is 0 Å². The summed E-state index contributed by atoms with van der Waals surface area (Å²) in [6, 6.07) is 8.24. The third-order valence-electron chi connectivity index (χ3n) is 6.64. The Morgan fingerprint density at radius 1 is 1.19 bits per heavy atom. The van der Waals surface area contributed by atoms with Crippen molar-refractivity contribution in [1.29, 1.82) is 0 Å². The summed E-state index contributed by atoms with van der Waals surface area (Å²) in [5.74, 6) is 1.29. The molecule has 2 aliphatic heterocycles. The number of amides is 1. The zero-order valence-corrected chi connectivity index (χ0v) is 16.8. The molecular weight excluding hydrogens is 354 g/mol. The Labute approximate surface area is 165 Å². The number of carbonyl (C=O) groups excluding carboxylic acids is 1. The van der Waals surface area contributed by atoms with Crippen molar-refractivity contribution in [3.63, 3.8) is 0 Å². The summed E-state index contributed by atoms with van der Waals surface area (Å²) in [6.07, 6.45) is 8.04. The lowest BCUT2D eigenvalue weighted by Gasteiger charge is -2.40. The van der Waals surface area contributed by atoms with Gasteiger partial charge in [-0.1, -0.05) is 12.1 Å². The van der Waals surface area contributed by atoms with Crippen LogP contribution in [0.4, 0.5) is 0 Å². The highest BCUT2D eigenvalue weighted by molar-refractivity contribution is 7.18. The zero-order valence-electron chi connectivity index (χ0n) is 16.0. The van der Waals surface area contributed by atoms with Crippen molar-refractivity contribution in [1.82, 2.24) is 14.8 Å². The van der Waals surface area contributed by atoms with Gasteiger partial charge in [0.05, 0.1) is 15.2 Å². The highest BCUT2D eigenvalue weighted by Gasteiger charge is 2.43. The van der Waals surface area contributed by atoms with E-state index >= 15 is 0 Å². The highest BCUT2D eigenvalue weighted by Crippen LogP contribution is 2.40. The Morgan fingerprint density at radius 3 is 2.93 bits per heavy atom. The minimum atomic E-state index is 0.324. The molecule has 5 heteroatoms. The largest absolute Gasteiger partial charge is 0.342 e. The average Bonchev–Trinajstić information content (AvgIpc) is 3.24. The molecule has 144 valence electrons. The van der Waals surface area contributed by atoms with Gasteiger partial charge in [-0.3, -0.25) is 4.79 Å². The quantitative estimate of drug-likeness (QED) is 0.784. The van der Waals surface area contributed by atoms with E-state index < -0.39 is 0 Å². The zero-order chi connectivity index (χ0) is 18.3. The maximum Gasteiger partial charge on any atom is 0.223 e. The Hall–Kier alpha value is -1.46. The first kappa shape index (κ1) is 17.6. The molecule has 1 atom stereocenters. The van der Waals surface area contributed by atoms with Gasteiger partial charge >= 0.3 is 0 Å². The molecule has 5 rings (SSSR count). The molecule has 3 aliphatic rings. The van der Waals surface area contributed by atoms with Crippen molar-refractivity contribution in [3.8, 4) is 0 Å². The van der Waals surface area contributed by atoms with Crippen molar-refractivity contribution in [2.45, 2.75) is 44.9 Å². The van der Waals surface area contributed by atoms with Gasteiger partial charge in [-0.25, -0.2) is 4.98 Å². The van der Waals surface area contributed by atoms with E-state index in [0.29, 0.717) is 17.7 Å². The van der Waals surface area contributed by atoms with Crippen LogP contribution >= 0.6 is 11.3 Å². The monoisotopic (exact) mass is 383 g/mol. The molecule has 0 unspecified atom stereocenters. The molecule has 27 heavy (non-hydrogen) atoms. The number of hydrogen-bond acceptors (Lipinski definition) is 4. The molecule has 0 bridgehead atoms. The van der Waals surface area contributed by atoms with Crippen molar-refractivity contribution < 1.29 is 4.79 Å². The van der Waals surface area contributed by atoms with E-state index in [1.54, 1.807) is 11.3 Å². The first-order valence-corrected chi connectivity index (χ1v) is 11.4. The summed E-state index contributed by atoms with van der Waals surface area (Å²) in [6.45, 7) is 5.71. The topological polar surface area (TPSA) is 36.4 Å². The predicted octanol–water partition coefficient (Wildman–Crippen LogP) is 3.95. The molecule has 1 aromatic carbocycles. The molecule has 1 aromatic heterocycles. The number of para-hydroxylation sites is 1. The van der Waals surface area contributed by atoms with Gasteiger partial charge in [0.2, 0.25) is 5.91 Å². The summed E-state index contributed by atoms with van der Waals surface area (Å²) in [4.78, 5) is 22.3. The number of aromatic nitrogens is 1. The second-order valence-electron chi connectivity index (χ2n) is 8.92. The van der Waals surface area contributed by atoms with Crippen LogP contribution < -0.4 is 0 Å². The summed E-state index contributed by atoms with van der Waals surface area (Å²) in [5.41, 5.74) is 1.43. The lowest BCUT2D eigenvalue weighted by molar-refractivity contribution is -0.130. The van der Waals surface area contributed by atoms with Crippen molar-refractivity contribution in [2.24, 2.45) is 11.3 Å². The summed E-state index contributed by atoms with van der Waals surface area (Å²) >= 11 is 1.73. The number of fused-ring (bicyclic) bond motifs is 1. The van der Waals surface area contributed by atoms with Gasteiger partial charge in [-0.2, -0.15) is 0 Å². The maximum atomic E-state index is 12.8. The Kier molecular flexibility index (Phi) is 4.68. The fourth-order valence-electron chi connectivity index (χ4n) is 5.01. The summed E-state index contributed by atoms with van der Waals surface area (Å²) < 4.78 is 1.22. The second kappa shape index (κ2) is 7.17. The third kappa shape index (κ3) is 3.90. The molecule has 4 nitrogen and oxygen atoms in total. The molecule has 1 aliphatic carbocycles. The number of thiazole rings is 1. The van der Waals surface area contributed by atoms with Crippen LogP contribution in [0.2, 0.25) is 0 Å². The molecule has 0 N–H and O–H groups in total. The first-order chi connectivity index (χ1) is 13.2. The highest BCUT2D eigenvalue weighted by atomic mass is 32.1. The van der Waals surface area contributed by atoms with Crippen LogP contribution in [0, 0.1) is 11.3 Å². The lowest BCUT2D eigenvalue weighted by atomic mass is 9.79. The molecule has 0 radical (unpaired) electrons. The standard InChI is InChI=1S/C22H29N3OS/c26-21(9-8-20-23-18-4-1-2-5-19(18)27-20)25-13-11-22(16-25)10-3-12-24(15-22)14-17-6-7-17/h1-2,4-5,17H,3,6-16H2/t22-/m0/s1. The maximum absolute atomic E-state index is 12.8. The van der Waals surface area contributed by atoms with Crippen LogP contribution in [0.25, 0.3) is 10.2 Å². The minimum Gasteiger partial charge on any atom is -0.342 e. The van der Waals surface area contributed by atoms with Crippen molar-refractivity contribution >= 4 is 27.5 Å². The van der Waals surface area contributed by atoms with E-state index in [1.165, 1.54) is 56.4 Å². The molecule has 1 saturated carbocycles. The molecule has 3 fully saturated rings. The lowest BCUT2D eigenvalue weighted by Crippen LogP contribution is -2.46. The fourth-order valence-corrected chi connectivity index (χ4v) is 5.98.